The Bertz CT molecular complexity index is 977. The summed E-state index contributed by atoms with van der Waals surface area (Å²) in [6, 6.07) is -3.71. The summed E-state index contributed by atoms with van der Waals surface area (Å²) >= 11 is 0. The van der Waals surface area contributed by atoms with Gasteiger partial charge in [0.05, 0.1) is 6.04 Å². The van der Waals surface area contributed by atoms with Crippen molar-refractivity contribution in [3.05, 3.63) is 0 Å². The molecular formula is C28H46F2N4O6. The minimum atomic E-state index is -3.13. The summed E-state index contributed by atoms with van der Waals surface area (Å²) in [7, 11) is 0. The molecule has 2 rings (SSSR count). The summed E-state index contributed by atoms with van der Waals surface area (Å²) in [6.45, 7) is 11.0. The number of amides is 4. The molecule has 3 atom stereocenters. The van der Waals surface area contributed by atoms with Gasteiger partial charge in [0.25, 0.3) is 5.91 Å². The summed E-state index contributed by atoms with van der Waals surface area (Å²) in [5.74, 6) is -6.46. The van der Waals surface area contributed by atoms with Gasteiger partial charge < -0.3 is 26.0 Å². The second-order valence-electron chi connectivity index (χ2n) is 13.7. The van der Waals surface area contributed by atoms with Crippen LogP contribution < -0.4 is 16.0 Å². The topological polar surface area (TPSA) is 145 Å². The molecule has 10 nitrogen and oxygen atoms in total. The number of ketones is 1. The molecule has 0 radical (unpaired) electrons. The first-order chi connectivity index (χ1) is 18.1. The number of Topliss-reactive ketones (excluding diaryl/α,β-unsaturated/α-hetero) is 1. The minimum Gasteiger partial charge on any atom is -0.465 e. The lowest BCUT2D eigenvalue weighted by molar-refractivity contribution is -0.144. The molecule has 2 fully saturated rings. The molecule has 0 aromatic rings. The Morgan fingerprint density at radius 1 is 0.950 bits per heavy atom. The molecule has 1 aliphatic carbocycles. The van der Waals surface area contributed by atoms with Crippen LogP contribution in [0.5, 0.6) is 0 Å². The van der Waals surface area contributed by atoms with E-state index in [9.17, 15) is 37.9 Å². The fourth-order valence-electron chi connectivity index (χ4n) is 5.62. The Hall–Kier alpha value is -2.79. The maximum absolute atomic E-state index is 13.8. The van der Waals surface area contributed by atoms with E-state index in [0.717, 1.165) is 32.1 Å². The summed E-state index contributed by atoms with van der Waals surface area (Å²) in [5.41, 5.74) is -1.92. The Morgan fingerprint density at radius 2 is 1.52 bits per heavy atom. The zero-order valence-corrected chi connectivity index (χ0v) is 24.8. The smallest absolute Gasteiger partial charge is 0.405 e. The fraction of sp³-hybridized carbons (Fsp3) is 0.821. The summed E-state index contributed by atoms with van der Waals surface area (Å²) in [5, 5.41) is 16.7. The molecule has 2 aliphatic rings. The van der Waals surface area contributed by atoms with E-state index in [2.05, 4.69) is 16.0 Å². The summed E-state index contributed by atoms with van der Waals surface area (Å²) in [6.07, 6.45) is 2.16. The molecule has 2 unspecified atom stereocenters. The molecule has 4 N–H and O–H groups in total. The maximum atomic E-state index is 13.8. The molecule has 0 bridgehead atoms. The molecule has 4 amide bonds. The van der Waals surface area contributed by atoms with E-state index >= 15 is 0 Å². The van der Waals surface area contributed by atoms with Crippen LogP contribution in [0.1, 0.15) is 99.8 Å². The highest BCUT2D eigenvalue weighted by Gasteiger charge is 2.51. The average Bonchev–Trinajstić information content (AvgIpc) is 3.16. The van der Waals surface area contributed by atoms with Crippen molar-refractivity contribution in [1.82, 2.24) is 20.9 Å². The SMILES string of the molecule is CC(F)(F)CCC(NC(=O)[C@@H]1CC2(CCCCC2)CN1C(=O)C(NC(=O)O)C(C)(C)C)C(=O)C(=O)NC(C)(C)C. The van der Waals surface area contributed by atoms with Crippen LogP contribution in [-0.2, 0) is 19.2 Å². The van der Waals surface area contributed by atoms with Crippen LogP contribution in [0.25, 0.3) is 0 Å². The minimum absolute atomic E-state index is 0.244. The van der Waals surface area contributed by atoms with Crippen molar-refractivity contribution >= 4 is 29.6 Å². The van der Waals surface area contributed by atoms with E-state index in [-0.39, 0.29) is 12.0 Å². The van der Waals surface area contributed by atoms with Gasteiger partial charge in [0.1, 0.15) is 12.1 Å². The first-order valence-corrected chi connectivity index (χ1v) is 14.0. The molecule has 1 saturated heterocycles. The van der Waals surface area contributed by atoms with E-state index in [1.165, 1.54) is 4.90 Å². The van der Waals surface area contributed by atoms with Crippen molar-refractivity contribution in [3.8, 4) is 0 Å². The normalized spacial score (nSPS) is 20.9. The monoisotopic (exact) mass is 572 g/mol. The number of alkyl halides is 2. The number of nitrogens with zero attached hydrogens (tertiary/aromatic N) is 1. The lowest BCUT2D eigenvalue weighted by Gasteiger charge is -2.36. The molecular weight excluding hydrogens is 526 g/mol. The first-order valence-electron chi connectivity index (χ1n) is 14.0. The predicted molar refractivity (Wildman–Crippen MR) is 145 cm³/mol. The van der Waals surface area contributed by atoms with Crippen molar-refractivity contribution < 1.29 is 37.9 Å². The van der Waals surface area contributed by atoms with Crippen LogP contribution in [0.15, 0.2) is 0 Å². The number of likely N-dealkylation sites (tertiary alicyclic amines) is 1. The Morgan fingerprint density at radius 3 is 2.00 bits per heavy atom. The highest BCUT2D eigenvalue weighted by Crippen LogP contribution is 2.47. The number of carbonyl (C=O) groups excluding carboxylic acids is 4. The second-order valence-corrected chi connectivity index (χ2v) is 13.7. The van der Waals surface area contributed by atoms with E-state index in [4.69, 9.17) is 0 Å². The maximum Gasteiger partial charge on any atom is 0.405 e. The zero-order valence-electron chi connectivity index (χ0n) is 24.8. The molecule has 228 valence electrons. The number of hydrogen-bond donors (Lipinski definition) is 4. The fourth-order valence-corrected chi connectivity index (χ4v) is 5.62. The molecule has 1 aliphatic heterocycles. The van der Waals surface area contributed by atoms with Gasteiger partial charge in [-0.1, -0.05) is 40.0 Å². The Kier molecular flexibility index (Phi) is 10.3. The van der Waals surface area contributed by atoms with Crippen molar-refractivity contribution in [1.29, 1.82) is 0 Å². The quantitative estimate of drug-likeness (QED) is 0.311. The standard InChI is InChI=1S/C28H46F2N4O6/c1-25(2,3)20(32-24(39)40)23(38)34-16-28(12-9-8-10-13-28)15-18(34)21(36)31-17(11-14-27(7,29)30)19(35)22(37)33-26(4,5)6/h17-18,20,32H,8-16H2,1-7H3,(H,31,36)(H,33,37)(H,39,40)/t17?,18-,20?/m0/s1. The summed E-state index contributed by atoms with van der Waals surface area (Å²) in [4.78, 5) is 66.1. The molecule has 0 aromatic heterocycles. The third-order valence-electron chi connectivity index (χ3n) is 7.61. The van der Waals surface area contributed by atoms with Gasteiger partial charge in [-0.2, -0.15) is 0 Å². The molecule has 1 spiro atoms. The lowest BCUT2D eigenvalue weighted by Crippen LogP contribution is -2.59. The third kappa shape index (κ3) is 9.40. The Labute approximate surface area is 235 Å². The molecule has 0 aromatic carbocycles. The number of halogens is 2. The molecule has 40 heavy (non-hydrogen) atoms. The number of carboxylic acid groups (broad SMARTS) is 1. The Balaban J connectivity index is 2.40. The van der Waals surface area contributed by atoms with Gasteiger partial charge in [-0.15, -0.1) is 0 Å². The van der Waals surface area contributed by atoms with E-state index in [1.807, 2.05) is 0 Å². The third-order valence-corrected chi connectivity index (χ3v) is 7.61. The number of nitrogens with one attached hydrogen (secondary N) is 3. The van der Waals surface area contributed by atoms with Gasteiger partial charge in [-0.3, -0.25) is 19.2 Å². The largest absolute Gasteiger partial charge is 0.465 e. The highest BCUT2D eigenvalue weighted by atomic mass is 19.3. The highest BCUT2D eigenvalue weighted by molar-refractivity contribution is 6.38. The number of carbonyl (C=O) groups is 5. The lowest BCUT2D eigenvalue weighted by atomic mass is 9.72. The van der Waals surface area contributed by atoms with Gasteiger partial charge in [0.2, 0.25) is 23.5 Å². The second kappa shape index (κ2) is 12.4. The van der Waals surface area contributed by atoms with Gasteiger partial charge in [0.15, 0.2) is 0 Å². The van der Waals surface area contributed by atoms with Crippen LogP contribution in [0, 0.1) is 10.8 Å². The average molecular weight is 573 g/mol. The van der Waals surface area contributed by atoms with Crippen LogP contribution >= 0.6 is 0 Å². The zero-order chi connectivity index (χ0) is 30.7. The van der Waals surface area contributed by atoms with Gasteiger partial charge in [-0.05, 0) is 64.2 Å². The summed E-state index contributed by atoms with van der Waals surface area (Å²) < 4.78 is 27.5. The van der Waals surface area contributed by atoms with Crippen LogP contribution in [0.4, 0.5) is 13.6 Å². The van der Waals surface area contributed by atoms with E-state index in [0.29, 0.717) is 13.3 Å². The van der Waals surface area contributed by atoms with Gasteiger partial charge in [-0.25, -0.2) is 13.6 Å². The van der Waals surface area contributed by atoms with Crippen molar-refractivity contribution in [2.75, 3.05) is 6.54 Å². The first kappa shape index (κ1) is 33.4. The predicted octanol–water partition coefficient (Wildman–Crippen LogP) is 3.62. The number of rotatable bonds is 9. The molecule has 12 heteroatoms. The van der Waals surface area contributed by atoms with Crippen molar-refractivity contribution in [2.24, 2.45) is 10.8 Å². The van der Waals surface area contributed by atoms with Crippen molar-refractivity contribution in [3.63, 3.8) is 0 Å². The van der Waals surface area contributed by atoms with Crippen molar-refractivity contribution in [2.45, 2.75) is 129 Å². The van der Waals surface area contributed by atoms with Gasteiger partial charge in [0, 0.05) is 18.5 Å². The van der Waals surface area contributed by atoms with E-state index < -0.39 is 77.4 Å². The number of hydrogen-bond acceptors (Lipinski definition) is 5. The van der Waals surface area contributed by atoms with E-state index in [1.54, 1.807) is 41.5 Å². The van der Waals surface area contributed by atoms with Crippen LogP contribution in [-0.4, -0.2) is 75.7 Å². The molecule has 1 heterocycles. The van der Waals surface area contributed by atoms with Crippen LogP contribution in [0.3, 0.4) is 0 Å². The molecule has 1 saturated carbocycles. The van der Waals surface area contributed by atoms with Crippen LogP contribution in [0.2, 0.25) is 0 Å². The van der Waals surface area contributed by atoms with Gasteiger partial charge >= 0.3 is 6.09 Å².